The van der Waals surface area contributed by atoms with Gasteiger partial charge in [0.2, 0.25) is 5.91 Å². The second-order valence-electron chi connectivity index (χ2n) is 6.56. The molecule has 7 nitrogen and oxygen atoms in total. The van der Waals surface area contributed by atoms with E-state index in [1.807, 2.05) is 4.90 Å². The maximum absolute atomic E-state index is 12.3. The highest BCUT2D eigenvalue weighted by Gasteiger charge is 2.25. The first-order valence-corrected chi connectivity index (χ1v) is 8.79. The molecule has 1 N–H and O–H groups in total. The SMILES string of the molecule is O=C(NC1CCN(CC(=O)N2CCCCC2)CC1)c1ccncn1. The fourth-order valence-corrected chi connectivity index (χ4v) is 3.35. The van der Waals surface area contributed by atoms with Gasteiger partial charge in [-0.05, 0) is 38.2 Å². The number of hydrogen-bond donors (Lipinski definition) is 1. The molecule has 0 unspecified atom stereocenters. The summed E-state index contributed by atoms with van der Waals surface area (Å²) in [5.41, 5.74) is 0.396. The molecule has 2 amide bonds. The zero-order chi connectivity index (χ0) is 16.8. The van der Waals surface area contributed by atoms with Gasteiger partial charge in [-0.15, -0.1) is 0 Å². The van der Waals surface area contributed by atoms with Gasteiger partial charge in [0.05, 0.1) is 6.54 Å². The van der Waals surface area contributed by atoms with Gasteiger partial charge in [0, 0.05) is 38.4 Å². The number of carbonyl (C=O) groups excluding carboxylic acids is 2. The van der Waals surface area contributed by atoms with Crippen LogP contribution in [0.4, 0.5) is 0 Å². The lowest BCUT2D eigenvalue weighted by Gasteiger charge is -2.34. The Morgan fingerprint density at radius 2 is 1.88 bits per heavy atom. The first kappa shape index (κ1) is 16.8. The van der Waals surface area contributed by atoms with E-state index in [4.69, 9.17) is 0 Å². The Morgan fingerprint density at radius 1 is 1.12 bits per heavy atom. The number of amides is 2. The quantitative estimate of drug-likeness (QED) is 0.878. The van der Waals surface area contributed by atoms with Gasteiger partial charge < -0.3 is 10.2 Å². The Bertz CT molecular complexity index is 551. The van der Waals surface area contributed by atoms with Crippen molar-refractivity contribution in [1.29, 1.82) is 0 Å². The predicted molar refractivity (Wildman–Crippen MR) is 89.4 cm³/mol. The van der Waals surface area contributed by atoms with Crippen molar-refractivity contribution < 1.29 is 9.59 Å². The van der Waals surface area contributed by atoms with Crippen LogP contribution in [0.2, 0.25) is 0 Å². The normalized spacial score (nSPS) is 19.9. The van der Waals surface area contributed by atoms with E-state index in [0.717, 1.165) is 51.9 Å². The van der Waals surface area contributed by atoms with Crippen molar-refractivity contribution in [2.45, 2.75) is 38.1 Å². The number of nitrogens with one attached hydrogen (secondary N) is 1. The molecule has 24 heavy (non-hydrogen) atoms. The second kappa shape index (κ2) is 8.19. The van der Waals surface area contributed by atoms with Crippen LogP contribution in [0.1, 0.15) is 42.6 Å². The van der Waals surface area contributed by atoms with E-state index >= 15 is 0 Å². The number of aromatic nitrogens is 2. The molecular formula is C17H25N5O2. The zero-order valence-corrected chi connectivity index (χ0v) is 14.0. The monoisotopic (exact) mass is 331 g/mol. The van der Waals surface area contributed by atoms with E-state index in [9.17, 15) is 9.59 Å². The molecule has 1 aromatic heterocycles. The molecule has 2 aliphatic heterocycles. The van der Waals surface area contributed by atoms with Crippen molar-refractivity contribution in [3.05, 3.63) is 24.3 Å². The van der Waals surface area contributed by atoms with E-state index in [-0.39, 0.29) is 17.9 Å². The first-order valence-electron chi connectivity index (χ1n) is 8.79. The lowest BCUT2D eigenvalue weighted by Crippen LogP contribution is -2.48. The van der Waals surface area contributed by atoms with Crippen LogP contribution < -0.4 is 5.32 Å². The van der Waals surface area contributed by atoms with E-state index < -0.39 is 0 Å². The Labute approximate surface area is 142 Å². The topological polar surface area (TPSA) is 78.4 Å². The van der Waals surface area contributed by atoms with Crippen LogP contribution in [0, 0.1) is 0 Å². The van der Waals surface area contributed by atoms with Crippen molar-refractivity contribution in [2.24, 2.45) is 0 Å². The Kier molecular flexibility index (Phi) is 5.74. The van der Waals surface area contributed by atoms with Crippen LogP contribution in [-0.2, 0) is 4.79 Å². The summed E-state index contributed by atoms with van der Waals surface area (Å²) >= 11 is 0. The van der Waals surface area contributed by atoms with Gasteiger partial charge in [0.1, 0.15) is 12.0 Å². The van der Waals surface area contributed by atoms with Crippen LogP contribution in [0.5, 0.6) is 0 Å². The smallest absolute Gasteiger partial charge is 0.270 e. The van der Waals surface area contributed by atoms with E-state index in [1.54, 1.807) is 12.3 Å². The van der Waals surface area contributed by atoms with Crippen LogP contribution in [0.15, 0.2) is 18.6 Å². The molecule has 2 fully saturated rings. The fraction of sp³-hybridized carbons (Fsp3) is 0.647. The summed E-state index contributed by atoms with van der Waals surface area (Å²) < 4.78 is 0. The molecule has 0 saturated carbocycles. The number of rotatable bonds is 4. The molecule has 130 valence electrons. The maximum Gasteiger partial charge on any atom is 0.270 e. The molecule has 0 spiro atoms. The summed E-state index contributed by atoms with van der Waals surface area (Å²) in [5, 5.41) is 3.02. The molecule has 3 rings (SSSR count). The molecular weight excluding hydrogens is 306 g/mol. The minimum atomic E-state index is -0.153. The summed E-state index contributed by atoms with van der Waals surface area (Å²) in [6.07, 6.45) is 8.17. The second-order valence-corrected chi connectivity index (χ2v) is 6.56. The van der Waals surface area contributed by atoms with Crippen molar-refractivity contribution in [3.8, 4) is 0 Å². The van der Waals surface area contributed by atoms with Gasteiger partial charge in [-0.25, -0.2) is 9.97 Å². The highest BCUT2D eigenvalue weighted by molar-refractivity contribution is 5.92. The van der Waals surface area contributed by atoms with Crippen LogP contribution in [0.3, 0.4) is 0 Å². The summed E-state index contributed by atoms with van der Waals surface area (Å²) in [4.78, 5) is 36.4. The molecule has 2 aliphatic rings. The predicted octanol–water partition coefficient (Wildman–Crippen LogP) is 0.683. The zero-order valence-electron chi connectivity index (χ0n) is 14.0. The van der Waals surface area contributed by atoms with Gasteiger partial charge in [0.25, 0.3) is 5.91 Å². The highest BCUT2D eigenvalue weighted by atomic mass is 16.2. The van der Waals surface area contributed by atoms with Crippen molar-refractivity contribution in [3.63, 3.8) is 0 Å². The maximum atomic E-state index is 12.3. The molecule has 1 aromatic rings. The molecule has 0 atom stereocenters. The van der Waals surface area contributed by atoms with Gasteiger partial charge in [-0.2, -0.15) is 0 Å². The number of piperidine rings is 2. The largest absolute Gasteiger partial charge is 0.348 e. The molecule has 3 heterocycles. The van der Waals surface area contributed by atoms with Crippen molar-refractivity contribution >= 4 is 11.8 Å². The summed E-state index contributed by atoms with van der Waals surface area (Å²) in [5.74, 6) is 0.0958. The van der Waals surface area contributed by atoms with E-state index in [1.165, 1.54) is 12.7 Å². The minimum Gasteiger partial charge on any atom is -0.348 e. The first-order chi connectivity index (χ1) is 11.7. The van der Waals surface area contributed by atoms with Gasteiger partial charge >= 0.3 is 0 Å². The van der Waals surface area contributed by atoms with Crippen molar-refractivity contribution in [1.82, 2.24) is 25.1 Å². The number of nitrogens with zero attached hydrogens (tertiary/aromatic N) is 4. The van der Waals surface area contributed by atoms with E-state index in [2.05, 4.69) is 20.2 Å². The van der Waals surface area contributed by atoms with E-state index in [0.29, 0.717) is 12.2 Å². The lowest BCUT2D eigenvalue weighted by atomic mass is 10.0. The van der Waals surface area contributed by atoms with Gasteiger partial charge in [0.15, 0.2) is 0 Å². The molecule has 0 aromatic carbocycles. The van der Waals surface area contributed by atoms with Crippen molar-refractivity contribution in [2.75, 3.05) is 32.7 Å². The summed E-state index contributed by atoms with van der Waals surface area (Å²) in [7, 11) is 0. The standard InChI is InChI=1S/C17H25N5O2/c23-16(22-8-2-1-3-9-22)12-21-10-5-14(6-11-21)20-17(24)15-4-7-18-13-19-15/h4,7,13-14H,1-3,5-6,8-12H2,(H,20,24). The molecule has 2 saturated heterocycles. The Hall–Kier alpha value is -2.02. The van der Waals surface area contributed by atoms with Crippen LogP contribution in [-0.4, -0.2) is 70.3 Å². The number of carbonyl (C=O) groups is 2. The Balaban J connectivity index is 1.41. The summed E-state index contributed by atoms with van der Waals surface area (Å²) in [6.45, 7) is 4.00. The van der Waals surface area contributed by atoms with Gasteiger partial charge in [-0.1, -0.05) is 0 Å². The molecule has 0 bridgehead atoms. The third-order valence-electron chi connectivity index (χ3n) is 4.81. The Morgan fingerprint density at radius 3 is 2.54 bits per heavy atom. The summed E-state index contributed by atoms with van der Waals surface area (Å²) in [6, 6.07) is 1.76. The van der Waals surface area contributed by atoms with Crippen LogP contribution >= 0.6 is 0 Å². The molecule has 0 aliphatic carbocycles. The average molecular weight is 331 g/mol. The third kappa shape index (κ3) is 4.50. The van der Waals surface area contributed by atoms with Crippen LogP contribution in [0.25, 0.3) is 0 Å². The number of likely N-dealkylation sites (tertiary alicyclic amines) is 2. The average Bonchev–Trinajstić information content (AvgIpc) is 2.65. The third-order valence-corrected chi connectivity index (χ3v) is 4.81. The fourth-order valence-electron chi connectivity index (χ4n) is 3.35. The molecule has 7 heteroatoms. The molecule has 0 radical (unpaired) electrons. The minimum absolute atomic E-state index is 0.147. The lowest BCUT2D eigenvalue weighted by molar-refractivity contribution is -0.133. The van der Waals surface area contributed by atoms with Gasteiger partial charge in [-0.3, -0.25) is 14.5 Å². The number of hydrogen-bond acceptors (Lipinski definition) is 5. The highest BCUT2D eigenvalue weighted by Crippen LogP contribution is 2.13.